The number of anilines is 1. The number of amides is 2. The predicted octanol–water partition coefficient (Wildman–Crippen LogP) is 3.57. The van der Waals surface area contributed by atoms with E-state index in [1.165, 1.54) is 0 Å². The largest absolute Gasteiger partial charge is 0.488 e. The molecule has 2 rings (SSSR count). The van der Waals surface area contributed by atoms with Crippen molar-refractivity contribution in [1.29, 1.82) is 0 Å². The normalized spacial score (nSPS) is 10.1. The van der Waals surface area contributed by atoms with Crippen LogP contribution in [0.1, 0.15) is 29.3 Å². The first-order valence-corrected chi connectivity index (χ1v) is 8.46. The molecular weight excluding hydrogens is 328 g/mol. The van der Waals surface area contributed by atoms with Gasteiger partial charge in [0.1, 0.15) is 12.4 Å². The van der Waals surface area contributed by atoms with E-state index in [0.717, 1.165) is 11.1 Å². The number of carbonyl (C=O) groups is 2. The summed E-state index contributed by atoms with van der Waals surface area (Å²) in [7, 11) is 1.62. The first-order valence-electron chi connectivity index (χ1n) is 8.46. The Labute approximate surface area is 154 Å². The minimum Gasteiger partial charge on any atom is -0.488 e. The number of aryl methyl sites for hydroxylation is 1. The highest BCUT2D eigenvalue weighted by atomic mass is 16.5. The van der Waals surface area contributed by atoms with Crippen LogP contribution in [0, 0.1) is 0 Å². The Bertz CT molecular complexity index is 782. The Hall–Kier alpha value is -3.08. The summed E-state index contributed by atoms with van der Waals surface area (Å²) in [6.45, 7) is 6.04. The molecule has 0 fully saturated rings. The molecule has 0 bridgehead atoms. The highest BCUT2D eigenvalue weighted by Gasteiger charge is 2.12. The van der Waals surface area contributed by atoms with Gasteiger partial charge in [-0.3, -0.25) is 9.59 Å². The van der Waals surface area contributed by atoms with Crippen LogP contribution < -0.4 is 15.4 Å². The zero-order valence-corrected chi connectivity index (χ0v) is 15.2. The number of ether oxygens (including phenoxy) is 1. The lowest BCUT2D eigenvalue weighted by atomic mass is 10.1. The van der Waals surface area contributed by atoms with E-state index in [-0.39, 0.29) is 11.8 Å². The second-order valence-corrected chi connectivity index (χ2v) is 6.07. The Morgan fingerprint density at radius 3 is 2.42 bits per heavy atom. The predicted molar refractivity (Wildman–Crippen MR) is 104 cm³/mol. The molecular formula is C21H24N2O3. The van der Waals surface area contributed by atoms with Crippen molar-refractivity contribution in [2.75, 3.05) is 19.0 Å². The molecule has 0 saturated carbocycles. The third kappa shape index (κ3) is 5.77. The molecule has 0 aliphatic carbocycles. The molecule has 0 aliphatic rings. The molecule has 26 heavy (non-hydrogen) atoms. The maximum Gasteiger partial charge on any atom is 0.259 e. The third-order valence-electron chi connectivity index (χ3n) is 3.74. The van der Waals surface area contributed by atoms with Crippen molar-refractivity contribution in [3.05, 3.63) is 71.8 Å². The van der Waals surface area contributed by atoms with Gasteiger partial charge in [-0.25, -0.2) is 0 Å². The minimum absolute atomic E-state index is 0.00810. The summed E-state index contributed by atoms with van der Waals surface area (Å²) in [6.07, 6.45) is 1.10. The summed E-state index contributed by atoms with van der Waals surface area (Å²) >= 11 is 0. The Balaban J connectivity index is 2.01. The van der Waals surface area contributed by atoms with E-state index in [0.29, 0.717) is 36.4 Å². The van der Waals surface area contributed by atoms with Gasteiger partial charge in [0.2, 0.25) is 5.91 Å². The summed E-state index contributed by atoms with van der Waals surface area (Å²) < 4.78 is 5.64. The second-order valence-electron chi connectivity index (χ2n) is 6.07. The summed E-state index contributed by atoms with van der Waals surface area (Å²) in [4.78, 5) is 23.8. The van der Waals surface area contributed by atoms with E-state index in [2.05, 4.69) is 17.2 Å². The molecule has 0 saturated heterocycles. The van der Waals surface area contributed by atoms with Gasteiger partial charge in [-0.2, -0.15) is 0 Å². The van der Waals surface area contributed by atoms with Gasteiger partial charge in [-0.05, 0) is 48.7 Å². The fraction of sp³-hybridized carbons (Fsp3) is 0.238. The van der Waals surface area contributed by atoms with E-state index in [9.17, 15) is 9.59 Å². The summed E-state index contributed by atoms with van der Waals surface area (Å²) in [5.41, 5.74) is 3.08. The second kappa shape index (κ2) is 9.42. The van der Waals surface area contributed by atoms with Gasteiger partial charge >= 0.3 is 0 Å². The first-order chi connectivity index (χ1) is 12.5. The zero-order valence-electron chi connectivity index (χ0n) is 15.2. The SMILES string of the molecule is C=C(C)COc1ccccc1C(=O)Nc1ccc(CCC(=O)NC)cc1. The Kier molecular flexibility index (Phi) is 6.97. The molecule has 5 nitrogen and oxygen atoms in total. The van der Waals surface area contributed by atoms with Crippen molar-refractivity contribution in [2.24, 2.45) is 0 Å². The van der Waals surface area contributed by atoms with Crippen molar-refractivity contribution in [3.63, 3.8) is 0 Å². The van der Waals surface area contributed by atoms with Gasteiger partial charge in [0.25, 0.3) is 5.91 Å². The molecule has 0 aliphatic heterocycles. The molecule has 2 aromatic carbocycles. The molecule has 0 radical (unpaired) electrons. The zero-order chi connectivity index (χ0) is 18.9. The molecule has 136 valence electrons. The number of benzene rings is 2. The van der Waals surface area contributed by atoms with Crippen LogP contribution in [0.25, 0.3) is 0 Å². The van der Waals surface area contributed by atoms with Crippen molar-refractivity contribution < 1.29 is 14.3 Å². The van der Waals surface area contributed by atoms with E-state index in [1.807, 2.05) is 37.3 Å². The van der Waals surface area contributed by atoms with Crippen LogP contribution in [0.15, 0.2) is 60.7 Å². The summed E-state index contributed by atoms with van der Waals surface area (Å²) in [5.74, 6) is 0.296. The maximum absolute atomic E-state index is 12.6. The number of hydrogen-bond donors (Lipinski definition) is 2. The van der Waals surface area contributed by atoms with Crippen LogP contribution in [0.5, 0.6) is 5.75 Å². The average molecular weight is 352 g/mol. The van der Waals surface area contributed by atoms with Crippen molar-refractivity contribution in [3.8, 4) is 5.75 Å². The smallest absolute Gasteiger partial charge is 0.259 e. The molecule has 0 unspecified atom stereocenters. The van der Waals surface area contributed by atoms with E-state index in [4.69, 9.17) is 4.74 Å². The lowest BCUT2D eigenvalue weighted by Gasteiger charge is -2.12. The maximum atomic E-state index is 12.6. The quantitative estimate of drug-likeness (QED) is 0.714. The van der Waals surface area contributed by atoms with E-state index >= 15 is 0 Å². The standard InChI is InChI=1S/C21H24N2O3/c1-15(2)14-26-19-7-5-4-6-18(19)21(25)23-17-11-8-16(9-12-17)10-13-20(24)22-3/h4-9,11-12H,1,10,13-14H2,2-3H3,(H,22,24)(H,23,25). The number of hydrogen-bond acceptors (Lipinski definition) is 3. The van der Waals surface area contributed by atoms with Crippen LogP contribution in [0.3, 0.4) is 0 Å². The van der Waals surface area contributed by atoms with Gasteiger partial charge in [0.15, 0.2) is 0 Å². The molecule has 0 aromatic heterocycles. The third-order valence-corrected chi connectivity index (χ3v) is 3.74. The van der Waals surface area contributed by atoms with Crippen LogP contribution >= 0.6 is 0 Å². The van der Waals surface area contributed by atoms with Crippen molar-refractivity contribution in [1.82, 2.24) is 5.32 Å². The molecule has 0 atom stereocenters. The van der Waals surface area contributed by atoms with Crippen LogP contribution in [-0.2, 0) is 11.2 Å². The monoisotopic (exact) mass is 352 g/mol. The Morgan fingerprint density at radius 2 is 1.77 bits per heavy atom. The molecule has 0 heterocycles. The van der Waals surface area contributed by atoms with Crippen LogP contribution in [0.4, 0.5) is 5.69 Å². The molecule has 2 N–H and O–H groups in total. The van der Waals surface area contributed by atoms with Gasteiger partial charge in [0, 0.05) is 19.2 Å². The van der Waals surface area contributed by atoms with Gasteiger partial charge in [-0.1, -0.05) is 30.8 Å². The van der Waals surface area contributed by atoms with E-state index in [1.54, 1.807) is 25.2 Å². The van der Waals surface area contributed by atoms with Crippen molar-refractivity contribution >= 4 is 17.5 Å². The number of nitrogens with one attached hydrogen (secondary N) is 2. The molecule has 0 spiro atoms. The lowest BCUT2D eigenvalue weighted by Crippen LogP contribution is -2.17. The highest BCUT2D eigenvalue weighted by molar-refractivity contribution is 6.06. The summed E-state index contributed by atoms with van der Waals surface area (Å²) in [6, 6.07) is 14.6. The molecule has 2 amide bonds. The molecule has 2 aromatic rings. The number of para-hydroxylation sites is 1. The first kappa shape index (κ1) is 19.2. The summed E-state index contributed by atoms with van der Waals surface area (Å²) in [5, 5.41) is 5.47. The number of rotatable bonds is 8. The van der Waals surface area contributed by atoms with Gasteiger partial charge < -0.3 is 15.4 Å². The highest BCUT2D eigenvalue weighted by Crippen LogP contribution is 2.20. The fourth-order valence-electron chi connectivity index (χ4n) is 2.32. The van der Waals surface area contributed by atoms with Crippen molar-refractivity contribution in [2.45, 2.75) is 19.8 Å². The Morgan fingerprint density at radius 1 is 1.08 bits per heavy atom. The molecule has 5 heteroatoms. The number of carbonyl (C=O) groups excluding carboxylic acids is 2. The van der Waals surface area contributed by atoms with Gasteiger partial charge in [0.05, 0.1) is 5.56 Å². The van der Waals surface area contributed by atoms with Crippen LogP contribution in [0.2, 0.25) is 0 Å². The minimum atomic E-state index is -0.236. The lowest BCUT2D eigenvalue weighted by molar-refractivity contribution is -0.120. The average Bonchev–Trinajstić information content (AvgIpc) is 2.65. The van der Waals surface area contributed by atoms with E-state index < -0.39 is 0 Å². The topological polar surface area (TPSA) is 67.4 Å². The van der Waals surface area contributed by atoms with Crippen LogP contribution in [-0.4, -0.2) is 25.5 Å². The fourth-order valence-corrected chi connectivity index (χ4v) is 2.32. The van der Waals surface area contributed by atoms with Gasteiger partial charge in [-0.15, -0.1) is 0 Å².